The van der Waals surface area contributed by atoms with Crippen molar-refractivity contribution in [3.05, 3.63) is 0 Å². The summed E-state index contributed by atoms with van der Waals surface area (Å²) in [6.07, 6.45) is 0.391. The zero-order valence-corrected chi connectivity index (χ0v) is 6.77. The first-order chi connectivity index (χ1) is 4.20. The summed E-state index contributed by atoms with van der Waals surface area (Å²) in [5, 5.41) is 0. The van der Waals surface area contributed by atoms with Gasteiger partial charge in [0.1, 0.15) is 5.78 Å². The molecule has 0 aliphatic carbocycles. The predicted octanol–water partition coefficient (Wildman–Crippen LogP) is 1.18. The summed E-state index contributed by atoms with van der Waals surface area (Å²) in [4.78, 5) is 10.4. The third-order valence-electron chi connectivity index (χ3n) is 0.759. The van der Waals surface area contributed by atoms with Crippen molar-refractivity contribution >= 4 is 14.2 Å². The van der Waals surface area contributed by atoms with Gasteiger partial charge in [-0.15, -0.1) is 0 Å². The summed E-state index contributed by atoms with van der Waals surface area (Å²) < 4.78 is 9.66. The maximum atomic E-state index is 10.4. The van der Waals surface area contributed by atoms with Crippen molar-refractivity contribution in [2.45, 2.75) is 6.92 Å². The van der Waals surface area contributed by atoms with Crippen molar-refractivity contribution in [2.24, 2.45) is 0 Å². The molecule has 3 nitrogen and oxygen atoms in total. The second-order valence-corrected chi connectivity index (χ2v) is 3.27. The van der Waals surface area contributed by atoms with Gasteiger partial charge in [0, 0.05) is 14.2 Å². The fourth-order valence-electron chi connectivity index (χ4n) is 0.385. The molecule has 0 saturated carbocycles. The maximum Gasteiger partial charge on any atom is 0.177 e. The quantitative estimate of drug-likeness (QED) is 0.564. The van der Waals surface area contributed by atoms with Crippen LogP contribution in [0.2, 0.25) is 0 Å². The minimum atomic E-state index is -0.945. The van der Waals surface area contributed by atoms with Gasteiger partial charge in [0.2, 0.25) is 0 Å². The van der Waals surface area contributed by atoms with Crippen molar-refractivity contribution in [3.63, 3.8) is 0 Å². The van der Waals surface area contributed by atoms with Crippen molar-refractivity contribution in [3.8, 4) is 0 Å². The molecule has 0 bridgehead atoms. The molecular formula is C5H11O3P. The van der Waals surface area contributed by atoms with Gasteiger partial charge in [-0.1, -0.05) is 0 Å². The van der Waals surface area contributed by atoms with E-state index in [0.29, 0.717) is 6.16 Å². The van der Waals surface area contributed by atoms with Crippen LogP contribution >= 0.6 is 8.38 Å². The van der Waals surface area contributed by atoms with E-state index in [1.54, 1.807) is 0 Å². The van der Waals surface area contributed by atoms with E-state index < -0.39 is 8.38 Å². The highest BCUT2D eigenvalue weighted by Crippen LogP contribution is 2.35. The van der Waals surface area contributed by atoms with Gasteiger partial charge < -0.3 is 9.05 Å². The highest BCUT2D eigenvalue weighted by Gasteiger charge is 2.07. The lowest BCUT2D eigenvalue weighted by Crippen LogP contribution is -1.98. The Morgan fingerprint density at radius 2 is 1.89 bits per heavy atom. The van der Waals surface area contributed by atoms with Gasteiger partial charge in [-0.3, -0.25) is 4.79 Å². The number of carbonyl (C=O) groups excluding carboxylic acids is 1. The van der Waals surface area contributed by atoms with Crippen LogP contribution in [0.3, 0.4) is 0 Å². The summed E-state index contributed by atoms with van der Waals surface area (Å²) in [7, 11) is 2.13. The molecule has 0 spiro atoms. The molecular weight excluding hydrogens is 139 g/mol. The first-order valence-corrected chi connectivity index (χ1v) is 3.92. The number of hydrogen-bond acceptors (Lipinski definition) is 3. The third-order valence-corrected chi connectivity index (χ3v) is 2.28. The molecule has 9 heavy (non-hydrogen) atoms. The van der Waals surface area contributed by atoms with E-state index in [0.717, 1.165) is 0 Å². The molecule has 0 aliphatic heterocycles. The molecule has 54 valence electrons. The summed E-state index contributed by atoms with van der Waals surface area (Å²) >= 11 is 0. The fourth-order valence-corrected chi connectivity index (χ4v) is 1.16. The lowest BCUT2D eigenvalue weighted by molar-refractivity contribution is -0.114. The van der Waals surface area contributed by atoms with Crippen LogP contribution in [0.1, 0.15) is 6.92 Å². The molecule has 0 heterocycles. The third kappa shape index (κ3) is 4.52. The van der Waals surface area contributed by atoms with Crippen LogP contribution in [-0.2, 0) is 13.8 Å². The monoisotopic (exact) mass is 150 g/mol. The maximum absolute atomic E-state index is 10.4. The smallest absolute Gasteiger partial charge is 0.177 e. The molecule has 0 aromatic carbocycles. The lowest BCUT2D eigenvalue weighted by atomic mass is 10.5. The summed E-state index contributed by atoms with van der Waals surface area (Å²) in [5.74, 6) is 0.102. The van der Waals surface area contributed by atoms with Gasteiger partial charge >= 0.3 is 0 Å². The van der Waals surface area contributed by atoms with Gasteiger partial charge in [0.15, 0.2) is 8.38 Å². The predicted molar refractivity (Wildman–Crippen MR) is 36.5 cm³/mol. The van der Waals surface area contributed by atoms with E-state index in [4.69, 9.17) is 9.05 Å². The van der Waals surface area contributed by atoms with Crippen LogP contribution in [0.15, 0.2) is 0 Å². The molecule has 0 aliphatic rings. The Kier molecular flexibility index (Phi) is 4.87. The molecule has 0 rings (SSSR count). The van der Waals surface area contributed by atoms with Gasteiger partial charge in [0.25, 0.3) is 0 Å². The summed E-state index contributed by atoms with van der Waals surface area (Å²) in [5.41, 5.74) is 0. The van der Waals surface area contributed by atoms with Crippen LogP contribution in [0.5, 0.6) is 0 Å². The second kappa shape index (κ2) is 4.86. The average Bonchev–Trinajstić information content (AvgIpc) is 1.82. The average molecular weight is 150 g/mol. The molecule has 0 aromatic heterocycles. The van der Waals surface area contributed by atoms with Crippen molar-refractivity contribution < 1.29 is 13.8 Å². The Bertz CT molecular complexity index is 90.2. The van der Waals surface area contributed by atoms with Crippen molar-refractivity contribution in [2.75, 3.05) is 20.4 Å². The molecule has 0 N–H and O–H groups in total. The molecule has 0 aromatic rings. The standard InChI is InChI=1S/C5H11O3P/c1-5(6)4-9(7-2)8-3/h4H2,1-3H3. The summed E-state index contributed by atoms with van der Waals surface area (Å²) in [6, 6.07) is 0. The first kappa shape index (κ1) is 9.02. The van der Waals surface area contributed by atoms with Crippen LogP contribution in [0.25, 0.3) is 0 Å². The SMILES string of the molecule is COP(CC(C)=O)OC. The van der Waals surface area contributed by atoms with E-state index in [9.17, 15) is 4.79 Å². The largest absolute Gasteiger partial charge is 0.337 e. The molecule has 0 amide bonds. The van der Waals surface area contributed by atoms with Gasteiger partial charge in [-0.25, -0.2) is 0 Å². The van der Waals surface area contributed by atoms with Gasteiger partial charge in [-0.2, -0.15) is 0 Å². The van der Waals surface area contributed by atoms with Crippen molar-refractivity contribution in [1.29, 1.82) is 0 Å². The minimum Gasteiger partial charge on any atom is -0.337 e. The zero-order chi connectivity index (χ0) is 7.28. The number of rotatable bonds is 4. The van der Waals surface area contributed by atoms with Gasteiger partial charge in [-0.05, 0) is 6.92 Å². The van der Waals surface area contributed by atoms with E-state index >= 15 is 0 Å². The number of Topliss-reactive ketones (excluding diaryl/α,β-unsaturated/α-hetero) is 1. The number of carbonyl (C=O) groups is 1. The zero-order valence-electron chi connectivity index (χ0n) is 5.88. The Labute approximate surface area is 56.3 Å². The Morgan fingerprint density at radius 3 is 2.00 bits per heavy atom. The molecule has 0 fully saturated rings. The first-order valence-electron chi connectivity index (χ1n) is 2.56. The van der Waals surface area contributed by atoms with E-state index in [1.165, 1.54) is 21.1 Å². The Hall–Kier alpha value is 0.0200. The van der Waals surface area contributed by atoms with Gasteiger partial charge in [0.05, 0.1) is 6.16 Å². The molecule has 4 heteroatoms. The van der Waals surface area contributed by atoms with E-state index in [2.05, 4.69) is 0 Å². The lowest BCUT2D eigenvalue weighted by Gasteiger charge is -2.08. The molecule has 0 saturated heterocycles. The topological polar surface area (TPSA) is 35.5 Å². The summed E-state index contributed by atoms with van der Waals surface area (Å²) in [6.45, 7) is 1.52. The Morgan fingerprint density at radius 1 is 1.44 bits per heavy atom. The van der Waals surface area contributed by atoms with Crippen LogP contribution < -0.4 is 0 Å². The number of hydrogen-bond donors (Lipinski definition) is 0. The molecule has 0 radical (unpaired) electrons. The Balaban J connectivity index is 3.43. The molecule has 0 atom stereocenters. The van der Waals surface area contributed by atoms with Crippen molar-refractivity contribution in [1.82, 2.24) is 0 Å². The minimum absolute atomic E-state index is 0.102. The molecule has 0 unspecified atom stereocenters. The van der Waals surface area contributed by atoms with Crippen LogP contribution in [-0.4, -0.2) is 26.2 Å². The normalized spacial score (nSPS) is 10.2. The highest BCUT2D eigenvalue weighted by atomic mass is 31.2. The van der Waals surface area contributed by atoms with E-state index in [-0.39, 0.29) is 5.78 Å². The second-order valence-electron chi connectivity index (χ2n) is 1.56. The fraction of sp³-hybridized carbons (Fsp3) is 0.800. The highest BCUT2D eigenvalue weighted by molar-refractivity contribution is 7.48. The van der Waals surface area contributed by atoms with E-state index in [1.807, 2.05) is 0 Å². The number of ketones is 1. The van der Waals surface area contributed by atoms with Crippen LogP contribution in [0, 0.1) is 0 Å². The van der Waals surface area contributed by atoms with Crippen LogP contribution in [0.4, 0.5) is 0 Å².